The van der Waals surface area contributed by atoms with Crippen LogP contribution in [0.2, 0.25) is 0 Å². The Kier molecular flexibility index (Phi) is 3.78. The maximum atomic E-state index is 12.6. The first-order valence-corrected chi connectivity index (χ1v) is 8.19. The Hall–Kier alpha value is -1.36. The molecule has 1 N–H and O–H groups in total. The second kappa shape index (κ2) is 5.44. The molecule has 1 saturated heterocycles. The first-order chi connectivity index (χ1) is 10.0. The summed E-state index contributed by atoms with van der Waals surface area (Å²) in [5.41, 5.74) is 0.427. The minimum Gasteiger partial charge on any atom is -0.343 e. The van der Waals surface area contributed by atoms with E-state index in [4.69, 9.17) is 0 Å². The van der Waals surface area contributed by atoms with E-state index in [1.165, 1.54) is 0 Å². The van der Waals surface area contributed by atoms with Crippen LogP contribution in [0.3, 0.4) is 0 Å². The SMILES string of the molecule is CC1NC(=O)C2(CCCC2)N(Cc2ccc(Br)cc2)C1=O. The highest BCUT2D eigenvalue weighted by atomic mass is 79.9. The van der Waals surface area contributed by atoms with Crippen LogP contribution in [0.4, 0.5) is 0 Å². The highest BCUT2D eigenvalue weighted by Gasteiger charge is 2.52. The lowest BCUT2D eigenvalue weighted by Crippen LogP contribution is -2.68. The Morgan fingerprint density at radius 2 is 1.86 bits per heavy atom. The molecule has 1 aromatic rings. The lowest BCUT2D eigenvalue weighted by Gasteiger charge is -2.45. The molecule has 1 aromatic carbocycles. The van der Waals surface area contributed by atoms with Gasteiger partial charge in [-0.15, -0.1) is 0 Å². The molecule has 1 unspecified atom stereocenters. The number of benzene rings is 1. The van der Waals surface area contributed by atoms with Crippen LogP contribution in [0, 0.1) is 0 Å². The molecule has 0 bridgehead atoms. The molecule has 2 fully saturated rings. The monoisotopic (exact) mass is 350 g/mol. The zero-order valence-corrected chi connectivity index (χ0v) is 13.6. The van der Waals surface area contributed by atoms with Crippen molar-refractivity contribution in [2.24, 2.45) is 0 Å². The van der Waals surface area contributed by atoms with E-state index < -0.39 is 11.6 Å². The smallest absolute Gasteiger partial charge is 0.246 e. The largest absolute Gasteiger partial charge is 0.343 e. The van der Waals surface area contributed by atoms with Gasteiger partial charge in [0.2, 0.25) is 11.8 Å². The van der Waals surface area contributed by atoms with Crippen LogP contribution in [0.25, 0.3) is 0 Å². The fourth-order valence-corrected chi connectivity index (χ4v) is 3.68. The van der Waals surface area contributed by atoms with Crippen LogP contribution in [-0.4, -0.2) is 28.3 Å². The molecular formula is C16H19BrN2O2. The van der Waals surface area contributed by atoms with Crippen molar-refractivity contribution in [3.8, 4) is 0 Å². The molecule has 1 saturated carbocycles. The number of amides is 2. The lowest BCUT2D eigenvalue weighted by molar-refractivity contribution is -0.157. The summed E-state index contributed by atoms with van der Waals surface area (Å²) in [6.45, 7) is 2.26. The molecule has 2 aliphatic rings. The summed E-state index contributed by atoms with van der Waals surface area (Å²) in [5, 5.41) is 2.85. The van der Waals surface area contributed by atoms with Crippen molar-refractivity contribution in [1.82, 2.24) is 10.2 Å². The fourth-order valence-electron chi connectivity index (χ4n) is 3.42. The van der Waals surface area contributed by atoms with Gasteiger partial charge in [0.05, 0.1) is 0 Å². The molecule has 21 heavy (non-hydrogen) atoms. The maximum absolute atomic E-state index is 12.6. The second-order valence-electron chi connectivity index (χ2n) is 5.98. The molecule has 0 aromatic heterocycles. The van der Waals surface area contributed by atoms with Crippen molar-refractivity contribution in [2.75, 3.05) is 0 Å². The minimum atomic E-state index is -0.628. The third kappa shape index (κ3) is 2.48. The van der Waals surface area contributed by atoms with Crippen LogP contribution < -0.4 is 5.32 Å². The Bertz CT molecular complexity index is 564. The van der Waals surface area contributed by atoms with Gasteiger partial charge in [-0.1, -0.05) is 40.9 Å². The lowest BCUT2D eigenvalue weighted by atomic mass is 9.89. The number of carbonyl (C=O) groups is 2. The maximum Gasteiger partial charge on any atom is 0.246 e. The number of carbonyl (C=O) groups excluding carboxylic acids is 2. The molecule has 1 heterocycles. The Labute approximate surface area is 133 Å². The molecule has 5 heteroatoms. The van der Waals surface area contributed by atoms with E-state index in [1.807, 2.05) is 29.2 Å². The molecule has 112 valence electrons. The van der Waals surface area contributed by atoms with Gasteiger partial charge in [-0.3, -0.25) is 9.59 Å². The number of hydrogen-bond acceptors (Lipinski definition) is 2. The summed E-state index contributed by atoms with van der Waals surface area (Å²) in [7, 11) is 0. The average molecular weight is 351 g/mol. The van der Waals surface area contributed by atoms with Gasteiger partial charge in [-0.25, -0.2) is 0 Å². The van der Waals surface area contributed by atoms with Gasteiger partial charge in [0.15, 0.2) is 0 Å². The summed E-state index contributed by atoms with van der Waals surface area (Å²) >= 11 is 3.42. The van der Waals surface area contributed by atoms with E-state index in [0.717, 1.165) is 35.7 Å². The third-order valence-corrected chi connectivity index (χ3v) is 5.14. The van der Waals surface area contributed by atoms with Gasteiger partial charge in [-0.2, -0.15) is 0 Å². The van der Waals surface area contributed by atoms with Crippen molar-refractivity contribution in [3.05, 3.63) is 34.3 Å². The van der Waals surface area contributed by atoms with Crippen LogP contribution >= 0.6 is 15.9 Å². The van der Waals surface area contributed by atoms with Gasteiger partial charge in [-0.05, 0) is 37.5 Å². The van der Waals surface area contributed by atoms with Crippen molar-refractivity contribution in [3.63, 3.8) is 0 Å². The topological polar surface area (TPSA) is 49.4 Å². The van der Waals surface area contributed by atoms with Gasteiger partial charge in [0.1, 0.15) is 11.6 Å². The van der Waals surface area contributed by atoms with E-state index >= 15 is 0 Å². The summed E-state index contributed by atoms with van der Waals surface area (Å²) in [5.74, 6) is 0.0450. The molecule has 1 spiro atoms. The standard InChI is InChI=1S/C16H19BrN2O2/c1-11-14(20)19(10-12-4-6-13(17)7-5-12)16(15(21)18-11)8-2-3-9-16/h4-7,11H,2-3,8-10H2,1H3,(H,18,21). The predicted octanol–water partition coefficient (Wildman–Crippen LogP) is 2.61. The van der Waals surface area contributed by atoms with E-state index in [9.17, 15) is 9.59 Å². The minimum absolute atomic E-state index is 0.0178. The molecule has 0 radical (unpaired) electrons. The van der Waals surface area contributed by atoms with Crippen LogP contribution in [-0.2, 0) is 16.1 Å². The molecule has 1 aliphatic heterocycles. The van der Waals surface area contributed by atoms with Crippen molar-refractivity contribution in [1.29, 1.82) is 0 Å². The van der Waals surface area contributed by atoms with E-state index in [-0.39, 0.29) is 11.8 Å². The van der Waals surface area contributed by atoms with Gasteiger partial charge < -0.3 is 10.2 Å². The third-order valence-electron chi connectivity index (χ3n) is 4.61. The van der Waals surface area contributed by atoms with E-state index in [2.05, 4.69) is 21.2 Å². The Morgan fingerprint density at radius 1 is 1.24 bits per heavy atom. The number of halogens is 1. The number of hydrogen-bond donors (Lipinski definition) is 1. The summed E-state index contributed by atoms with van der Waals surface area (Å²) in [4.78, 5) is 26.9. The average Bonchev–Trinajstić information content (AvgIpc) is 2.95. The molecule has 3 rings (SSSR count). The zero-order valence-electron chi connectivity index (χ0n) is 12.1. The molecule has 4 nitrogen and oxygen atoms in total. The van der Waals surface area contributed by atoms with Crippen molar-refractivity contribution >= 4 is 27.7 Å². The zero-order chi connectivity index (χ0) is 15.0. The molecular weight excluding hydrogens is 332 g/mol. The van der Waals surface area contributed by atoms with E-state index in [0.29, 0.717) is 6.54 Å². The van der Waals surface area contributed by atoms with Crippen LogP contribution in [0.5, 0.6) is 0 Å². The van der Waals surface area contributed by atoms with Crippen molar-refractivity contribution in [2.45, 2.75) is 50.7 Å². The predicted molar refractivity (Wildman–Crippen MR) is 83.5 cm³/mol. The molecule has 1 aliphatic carbocycles. The Balaban J connectivity index is 1.92. The first kappa shape index (κ1) is 14.6. The van der Waals surface area contributed by atoms with Gasteiger partial charge in [0.25, 0.3) is 0 Å². The fraction of sp³-hybridized carbons (Fsp3) is 0.500. The van der Waals surface area contributed by atoms with Crippen molar-refractivity contribution < 1.29 is 9.59 Å². The highest BCUT2D eigenvalue weighted by Crippen LogP contribution is 2.39. The number of nitrogens with zero attached hydrogens (tertiary/aromatic N) is 1. The quantitative estimate of drug-likeness (QED) is 0.891. The number of piperazine rings is 1. The number of rotatable bonds is 2. The summed E-state index contributed by atoms with van der Waals surface area (Å²) in [6.07, 6.45) is 3.56. The Morgan fingerprint density at radius 3 is 2.48 bits per heavy atom. The summed E-state index contributed by atoms with van der Waals surface area (Å²) in [6, 6.07) is 7.50. The van der Waals surface area contributed by atoms with Gasteiger partial charge >= 0.3 is 0 Å². The normalized spacial score (nSPS) is 24.5. The number of nitrogens with one attached hydrogen (secondary N) is 1. The molecule has 2 amide bonds. The van der Waals surface area contributed by atoms with E-state index in [1.54, 1.807) is 6.92 Å². The first-order valence-electron chi connectivity index (χ1n) is 7.40. The highest BCUT2D eigenvalue weighted by molar-refractivity contribution is 9.10. The van der Waals surface area contributed by atoms with Crippen LogP contribution in [0.1, 0.15) is 38.2 Å². The second-order valence-corrected chi connectivity index (χ2v) is 6.90. The summed E-state index contributed by atoms with van der Waals surface area (Å²) < 4.78 is 1.01. The molecule has 1 atom stereocenters. The van der Waals surface area contributed by atoms with Crippen LogP contribution in [0.15, 0.2) is 28.7 Å². The van der Waals surface area contributed by atoms with Gasteiger partial charge in [0, 0.05) is 11.0 Å².